The number of carbonyl (C=O) groups is 1. The minimum absolute atomic E-state index is 0.157. The summed E-state index contributed by atoms with van der Waals surface area (Å²) in [6.07, 6.45) is 0.239. The summed E-state index contributed by atoms with van der Waals surface area (Å²) < 4.78 is 27.7. The Bertz CT molecular complexity index is 1060. The van der Waals surface area contributed by atoms with E-state index in [0.717, 1.165) is 49.5 Å². The van der Waals surface area contributed by atoms with E-state index < -0.39 is 10.0 Å². The van der Waals surface area contributed by atoms with E-state index in [0.29, 0.717) is 18.8 Å². The maximum Gasteiger partial charge on any atom is 0.243 e. The van der Waals surface area contributed by atoms with Gasteiger partial charge in [-0.05, 0) is 42.8 Å². The van der Waals surface area contributed by atoms with Crippen LogP contribution in [0.1, 0.15) is 31.9 Å². The van der Waals surface area contributed by atoms with Gasteiger partial charge in [-0.15, -0.1) is 0 Å². The van der Waals surface area contributed by atoms with E-state index in [1.54, 1.807) is 12.1 Å². The zero-order valence-corrected chi connectivity index (χ0v) is 21.0. The third-order valence-electron chi connectivity index (χ3n) is 6.36. The molecule has 0 aliphatic carbocycles. The van der Waals surface area contributed by atoms with Gasteiger partial charge in [0.2, 0.25) is 15.9 Å². The van der Waals surface area contributed by atoms with Gasteiger partial charge in [0.1, 0.15) is 0 Å². The molecule has 1 heterocycles. The van der Waals surface area contributed by atoms with Gasteiger partial charge in [-0.2, -0.15) is 4.31 Å². The van der Waals surface area contributed by atoms with Gasteiger partial charge in [0.15, 0.2) is 0 Å². The number of anilines is 2. The molecular weight excluding hydrogens is 436 g/mol. The van der Waals surface area contributed by atoms with Crippen molar-refractivity contribution in [2.75, 3.05) is 56.0 Å². The molecule has 1 amide bonds. The first kappa shape index (κ1) is 25.2. The van der Waals surface area contributed by atoms with Crippen LogP contribution in [-0.4, -0.2) is 69.3 Å². The SMILES string of the molecule is CCN1CCN(c2ccc(S(=O)(=O)N(CC)CC)cc2NC(=O)Cc2ccccc2C)CC1. The quantitative estimate of drug-likeness (QED) is 0.606. The number of hydrogen-bond acceptors (Lipinski definition) is 5. The first-order valence-corrected chi connectivity index (χ1v) is 13.2. The molecule has 0 radical (unpaired) electrons. The summed E-state index contributed by atoms with van der Waals surface area (Å²) in [5, 5.41) is 3.02. The highest BCUT2D eigenvalue weighted by atomic mass is 32.2. The second kappa shape index (κ2) is 11.1. The molecule has 7 nitrogen and oxygen atoms in total. The van der Waals surface area contributed by atoms with Gasteiger partial charge in [0, 0.05) is 39.3 Å². The van der Waals surface area contributed by atoms with Gasteiger partial charge in [0.25, 0.3) is 0 Å². The van der Waals surface area contributed by atoms with Crippen LogP contribution in [0.25, 0.3) is 0 Å². The highest BCUT2D eigenvalue weighted by Gasteiger charge is 2.25. The molecule has 33 heavy (non-hydrogen) atoms. The molecule has 1 fully saturated rings. The first-order chi connectivity index (χ1) is 15.8. The molecular formula is C25H36N4O3S. The number of amides is 1. The lowest BCUT2D eigenvalue weighted by Crippen LogP contribution is -2.46. The zero-order valence-electron chi connectivity index (χ0n) is 20.2. The molecule has 1 aliphatic heterocycles. The van der Waals surface area contributed by atoms with E-state index in [1.807, 2.05) is 51.1 Å². The number of carbonyl (C=O) groups excluding carboxylic acids is 1. The summed E-state index contributed by atoms with van der Waals surface area (Å²) in [4.78, 5) is 17.8. The topological polar surface area (TPSA) is 73.0 Å². The van der Waals surface area contributed by atoms with Crippen LogP contribution in [-0.2, 0) is 21.2 Å². The van der Waals surface area contributed by atoms with Crippen LogP contribution in [0.2, 0.25) is 0 Å². The van der Waals surface area contributed by atoms with E-state index in [9.17, 15) is 13.2 Å². The van der Waals surface area contributed by atoms with E-state index in [2.05, 4.69) is 22.0 Å². The van der Waals surface area contributed by atoms with Gasteiger partial charge < -0.3 is 15.1 Å². The third kappa shape index (κ3) is 5.93. The molecule has 1 N–H and O–H groups in total. The van der Waals surface area contributed by atoms with Crippen molar-refractivity contribution in [1.29, 1.82) is 0 Å². The lowest BCUT2D eigenvalue weighted by atomic mass is 10.1. The number of piperazine rings is 1. The van der Waals surface area contributed by atoms with E-state index in [1.165, 1.54) is 4.31 Å². The lowest BCUT2D eigenvalue weighted by molar-refractivity contribution is -0.115. The number of nitrogens with zero attached hydrogens (tertiary/aromatic N) is 3. The van der Waals surface area contributed by atoms with Gasteiger partial charge in [-0.3, -0.25) is 4.79 Å². The standard InChI is InChI=1S/C25H36N4O3S/c1-5-27-14-16-28(17-15-27)24-13-12-22(33(31,32)29(6-2)7-3)19-23(24)26-25(30)18-21-11-9-8-10-20(21)4/h8-13,19H,5-7,14-18H2,1-4H3,(H,26,30). The van der Waals surface area contributed by atoms with Crippen LogP contribution < -0.4 is 10.2 Å². The van der Waals surface area contributed by atoms with Crippen molar-refractivity contribution in [2.45, 2.75) is 39.0 Å². The molecule has 3 rings (SSSR count). The van der Waals surface area contributed by atoms with Crippen LogP contribution in [0.4, 0.5) is 11.4 Å². The average Bonchev–Trinajstić information content (AvgIpc) is 2.81. The van der Waals surface area contributed by atoms with Crippen LogP contribution in [0, 0.1) is 6.92 Å². The smallest absolute Gasteiger partial charge is 0.243 e. The molecule has 180 valence electrons. The molecule has 0 spiro atoms. The second-order valence-electron chi connectivity index (χ2n) is 8.34. The Balaban J connectivity index is 1.93. The minimum atomic E-state index is -3.63. The number of hydrogen-bond donors (Lipinski definition) is 1. The van der Waals surface area contributed by atoms with Crippen molar-refractivity contribution in [2.24, 2.45) is 0 Å². The van der Waals surface area contributed by atoms with Crippen molar-refractivity contribution in [3.8, 4) is 0 Å². The first-order valence-electron chi connectivity index (χ1n) is 11.8. The van der Waals surface area contributed by atoms with Gasteiger partial charge in [-0.1, -0.05) is 45.0 Å². The van der Waals surface area contributed by atoms with Gasteiger partial charge in [-0.25, -0.2) is 8.42 Å². The van der Waals surface area contributed by atoms with Crippen molar-refractivity contribution >= 4 is 27.3 Å². The highest BCUT2D eigenvalue weighted by Crippen LogP contribution is 2.31. The molecule has 0 bridgehead atoms. The number of likely N-dealkylation sites (N-methyl/N-ethyl adjacent to an activating group) is 1. The molecule has 1 aliphatic rings. The van der Waals surface area contributed by atoms with Crippen molar-refractivity contribution < 1.29 is 13.2 Å². The summed E-state index contributed by atoms with van der Waals surface area (Å²) in [5.74, 6) is -0.157. The van der Waals surface area contributed by atoms with Crippen molar-refractivity contribution in [3.05, 3.63) is 53.6 Å². The Morgan fingerprint density at radius 3 is 2.27 bits per heavy atom. The average molecular weight is 473 g/mol. The summed E-state index contributed by atoms with van der Waals surface area (Å²) in [5.41, 5.74) is 3.43. The predicted octanol–water partition coefficient (Wildman–Crippen LogP) is 3.35. The number of sulfonamides is 1. The Morgan fingerprint density at radius 2 is 1.67 bits per heavy atom. The molecule has 1 saturated heterocycles. The number of aryl methyl sites for hydroxylation is 1. The number of rotatable bonds is 9. The normalized spacial score (nSPS) is 15.1. The Hall–Kier alpha value is -2.42. The molecule has 0 saturated carbocycles. The summed E-state index contributed by atoms with van der Waals surface area (Å²) in [6, 6.07) is 12.9. The lowest BCUT2D eigenvalue weighted by Gasteiger charge is -2.36. The number of benzene rings is 2. The zero-order chi connectivity index (χ0) is 24.0. The fraction of sp³-hybridized carbons (Fsp3) is 0.480. The predicted molar refractivity (Wildman–Crippen MR) is 134 cm³/mol. The van der Waals surface area contributed by atoms with E-state index in [4.69, 9.17) is 0 Å². The minimum Gasteiger partial charge on any atom is -0.367 e. The Morgan fingerprint density at radius 1 is 1.00 bits per heavy atom. The maximum atomic E-state index is 13.1. The summed E-state index contributed by atoms with van der Waals surface area (Å²) in [6.45, 7) is 13.1. The molecule has 0 atom stereocenters. The van der Waals surface area contributed by atoms with Crippen LogP contribution >= 0.6 is 0 Å². The summed E-state index contributed by atoms with van der Waals surface area (Å²) in [7, 11) is -3.63. The van der Waals surface area contributed by atoms with E-state index >= 15 is 0 Å². The fourth-order valence-electron chi connectivity index (χ4n) is 4.24. The Kier molecular flexibility index (Phi) is 8.51. The number of nitrogens with one attached hydrogen (secondary N) is 1. The van der Waals surface area contributed by atoms with Crippen LogP contribution in [0.3, 0.4) is 0 Å². The van der Waals surface area contributed by atoms with Crippen LogP contribution in [0.5, 0.6) is 0 Å². The van der Waals surface area contributed by atoms with E-state index in [-0.39, 0.29) is 17.2 Å². The third-order valence-corrected chi connectivity index (χ3v) is 8.40. The monoisotopic (exact) mass is 472 g/mol. The molecule has 2 aromatic carbocycles. The Labute approximate surface area is 198 Å². The van der Waals surface area contributed by atoms with Crippen molar-refractivity contribution in [3.63, 3.8) is 0 Å². The van der Waals surface area contributed by atoms with Gasteiger partial charge in [0.05, 0.1) is 22.7 Å². The molecule has 0 unspecified atom stereocenters. The second-order valence-corrected chi connectivity index (χ2v) is 10.3. The molecule has 0 aromatic heterocycles. The van der Waals surface area contributed by atoms with Crippen LogP contribution in [0.15, 0.2) is 47.4 Å². The van der Waals surface area contributed by atoms with Crippen molar-refractivity contribution in [1.82, 2.24) is 9.21 Å². The van der Waals surface area contributed by atoms with Gasteiger partial charge >= 0.3 is 0 Å². The molecule has 8 heteroatoms. The maximum absolute atomic E-state index is 13.1. The molecule has 2 aromatic rings. The fourth-order valence-corrected chi connectivity index (χ4v) is 5.73. The summed E-state index contributed by atoms with van der Waals surface area (Å²) >= 11 is 0. The highest BCUT2D eigenvalue weighted by molar-refractivity contribution is 7.89. The largest absolute Gasteiger partial charge is 0.367 e.